The molecule has 55 heavy (non-hydrogen) atoms. The molecular formula is C37H44N4O12S2. The highest BCUT2D eigenvalue weighted by Gasteiger charge is 2.52. The van der Waals surface area contributed by atoms with Gasteiger partial charge in [-0.1, -0.05) is 72.5 Å². The number of carbonyl (C=O) groups excluding carboxylic acids is 4. The number of esters is 4. The van der Waals surface area contributed by atoms with Gasteiger partial charge in [0.2, 0.25) is 0 Å². The minimum Gasteiger partial charge on any atom is -0.463 e. The summed E-state index contributed by atoms with van der Waals surface area (Å²) in [5, 5.41) is 20.2. The second kappa shape index (κ2) is 19.9. The van der Waals surface area contributed by atoms with Gasteiger partial charge in [0, 0.05) is 58.4 Å². The molecule has 3 N–H and O–H groups in total. The van der Waals surface area contributed by atoms with Crippen molar-refractivity contribution in [2.75, 3.05) is 12.4 Å². The quantitative estimate of drug-likeness (QED) is 0.0869. The van der Waals surface area contributed by atoms with E-state index in [1.807, 2.05) is 48.5 Å². The maximum absolute atomic E-state index is 12.2. The third kappa shape index (κ3) is 12.3. The molecule has 0 amide bonds. The molecule has 0 aliphatic carbocycles. The molecule has 2 aromatic carbocycles. The van der Waals surface area contributed by atoms with Gasteiger partial charge < -0.3 is 43.6 Å². The molecule has 2 saturated heterocycles. The SMILES string of the molecule is CC(=O)OC[C@H]1O[C@@H](CC(=S)NCc2ccc(C3O[C@H](CSc4ncn[nH]4)C[C@H](c4ccc(CO)cc4)O3)cc2)[C@H](OC(C)=O)[C@@H](OC(C)=O)[C@@H]1OC(C)=O. The van der Waals surface area contributed by atoms with Crippen molar-refractivity contribution < 1.29 is 57.4 Å². The average Bonchev–Trinajstić information content (AvgIpc) is 3.68. The van der Waals surface area contributed by atoms with Crippen molar-refractivity contribution in [1.29, 1.82) is 0 Å². The lowest BCUT2D eigenvalue weighted by atomic mass is 9.92. The third-order valence-electron chi connectivity index (χ3n) is 8.63. The molecule has 16 nitrogen and oxygen atoms in total. The number of aromatic amines is 1. The Morgan fingerprint density at radius 3 is 2.05 bits per heavy atom. The van der Waals surface area contributed by atoms with E-state index in [4.69, 9.17) is 45.4 Å². The molecule has 1 unspecified atom stereocenters. The molecule has 18 heteroatoms. The number of benzene rings is 2. The first kappa shape index (κ1) is 41.7. The van der Waals surface area contributed by atoms with Crippen LogP contribution in [0.4, 0.5) is 0 Å². The molecule has 0 bridgehead atoms. The number of aliphatic hydroxyl groups is 1. The predicted octanol–water partition coefficient (Wildman–Crippen LogP) is 3.57. The Morgan fingerprint density at radius 2 is 1.45 bits per heavy atom. The number of ether oxygens (including phenoxy) is 7. The number of hydrogen-bond acceptors (Lipinski definition) is 16. The molecule has 8 atom stereocenters. The van der Waals surface area contributed by atoms with Gasteiger partial charge in [-0.05, 0) is 16.7 Å². The molecule has 5 rings (SSSR count). The summed E-state index contributed by atoms with van der Waals surface area (Å²) in [5.74, 6) is -2.09. The van der Waals surface area contributed by atoms with Crippen molar-refractivity contribution in [1.82, 2.24) is 20.5 Å². The zero-order valence-electron chi connectivity index (χ0n) is 30.7. The van der Waals surface area contributed by atoms with Gasteiger partial charge in [-0.3, -0.25) is 24.3 Å². The zero-order valence-corrected chi connectivity index (χ0v) is 32.3. The second-order valence-corrected chi connectivity index (χ2v) is 14.4. The molecule has 3 aromatic rings. The number of aliphatic hydroxyl groups excluding tert-OH is 1. The van der Waals surface area contributed by atoms with Crippen LogP contribution >= 0.6 is 24.0 Å². The molecular weight excluding hydrogens is 757 g/mol. The van der Waals surface area contributed by atoms with Crippen LogP contribution in [-0.2, 0) is 65.5 Å². The van der Waals surface area contributed by atoms with E-state index >= 15 is 0 Å². The van der Waals surface area contributed by atoms with Crippen molar-refractivity contribution in [2.24, 2.45) is 0 Å². The Bertz CT molecular complexity index is 1760. The van der Waals surface area contributed by atoms with Crippen molar-refractivity contribution in [3.63, 3.8) is 0 Å². The van der Waals surface area contributed by atoms with Gasteiger partial charge in [0.1, 0.15) is 25.1 Å². The van der Waals surface area contributed by atoms with E-state index < -0.39 is 60.7 Å². The number of nitrogens with zero attached hydrogens (tertiary/aromatic N) is 2. The van der Waals surface area contributed by atoms with Gasteiger partial charge >= 0.3 is 23.9 Å². The topological polar surface area (TPSA) is 207 Å². The molecule has 2 fully saturated rings. The fraction of sp³-hybridized carbons (Fsp3) is 0.486. The van der Waals surface area contributed by atoms with Gasteiger partial charge in [-0.25, -0.2) is 4.98 Å². The molecule has 0 spiro atoms. The van der Waals surface area contributed by atoms with Gasteiger partial charge in [-0.2, -0.15) is 5.10 Å². The fourth-order valence-corrected chi connectivity index (χ4v) is 7.22. The smallest absolute Gasteiger partial charge is 0.303 e. The van der Waals surface area contributed by atoms with E-state index in [2.05, 4.69) is 20.5 Å². The first-order valence-corrected chi connectivity index (χ1v) is 18.9. The maximum atomic E-state index is 12.2. The van der Waals surface area contributed by atoms with E-state index in [0.717, 1.165) is 29.2 Å². The fourth-order valence-electron chi connectivity index (χ4n) is 6.19. The monoisotopic (exact) mass is 800 g/mol. The first-order valence-electron chi connectivity index (χ1n) is 17.5. The number of aromatic nitrogens is 3. The summed E-state index contributed by atoms with van der Waals surface area (Å²) < 4.78 is 40.7. The Morgan fingerprint density at radius 1 is 0.836 bits per heavy atom. The van der Waals surface area contributed by atoms with E-state index in [1.165, 1.54) is 38.9 Å². The lowest BCUT2D eigenvalue weighted by molar-refractivity contribution is -0.251. The van der Waals surface area contributed by atoms with Crippen LogP contribution in [0.1, 0.15) is 75.2 Å². The summed E-state index contributed by atoms with van der Waals surface area (Å²) in [5.41, 5.74) is 3.49. The number of thioether (sulfide) groups is 1. The molecule has 296 valence electrons. The second-order valence-electron chi connectivity index (χ2n) is 12.9. The van der Waals surface area contributed by atoms with Gasteiger partial charge in [-0.15, -0.1) is 0 Å². The summed E-state index contributed by atoms with van der Waals surface area (Å²) in [6.45, 7) is 4.68. The Balaban J connectivity index is 1.25. The highest BCUT2D eigenvalue weighted by molar-refractivity contribution is 7.99. The van der Waals surface area contributed by atoms with Crippen LogP contribution in [0.25, 0.3) is 0 Å². The standard InChI is InChI=1S/C37H44N4O12S2/c1-20(43)47-17-31-34(49-22(3)45)35(50-23(4)46)33(48-21(2)44)30(52-31)14-32(54)38-15-24-5-11-27(12-6-24)36-51-28(18-55-37-39-19-40-41-37)13-29(53-36)26-9-7-25(16-42)8-10-26/h5-12,19,28-31,33-36,42H,13-18H2,1-4H3,(H,38,54)(H,39,40,41)/t28-,29+,30-,31+,33-,34+,35+,36?/m0/s1. The minimum absolute atomic E-state index is 0.0182. The highest BCUT2D eigenvalue weighted by atomic mass is 32.2. The van der Waals surface area contributed by atoms with Crippen molar-refractivity contribution in [3.8, 4) is 0 Å². The number of thiocarbonyl (C=S) groups is 1. The van der Waals surface area contributed by atoms with Crippen LogP contribution in [-0.4, -0.2) is 98.1 Å². The third-order valence-corrected chi connectivity index (χ3v) is 9.95. The van der Waals surface area contributed by atoms with Crippen LogP contribution in [0.5, 0.6) is 0 Å². The molecule has 3 heterocycles. The summed E-state index contributed by atoms with van der Waals surface area (Å²) in [6.07, 6.45) is -4.72. The Labute approximate surface area is 327 Å². The van der Waals surface area contributed by atoms with Crippen LogP contribution in [0.3, 0.4) is 0 Å². The van der Waals surface area contributed by atoms with Gasteiger partial charge in [0.25, 0.3) is 0 Å². The highest BCUT2D eigenvalue weighted by Crippen LogP contribution is 2.39. The summed E-state index contributed by atoms with van der Waals surface area (Å²) in [7, 11) is 0. The van der Waals surface area contributed by atoms with E-state index in [9.17, 15) is 24.3 Å². The van der Waals surface area contributed by atoms with Crippen molar-refractivity contribution in [2.45, 2.75) is 108 Å². The molecule has 0 saturated carbocycles. The minimum atomic E-state index is -1.27. The average molecular weight is 801 g/mol. The lowest BCUT2D eigenvalue weighted by Gasteiger charge is -2.44. The normalized spacial score (nSPS) is 25.0. The van der Waals surface area contributed by atoms with Crippen LogP contribution < -0.4 is 5.32 Å². The summed E-state index contributed by atoms with van der Waals surface area (Å²) in [6, 6.07) is 15.4. The Hall–Kier alpha value is -4.46. The molecule has 2 aliphatic rings. The van der Waals surface area contributed by atoms with Crippen molar-refractivity contribution in [3.05, 3.63) is 77.1 Å². The van der Waals surface area contributed by atoms with Crippen LogP contribution in [0.15, 0.2) is 60.0 Å². The predicted molar refractivity (Wildman–Crippen MR) is 198 cm³/mol. The number of H-pyrrole nitrogens is 1. The molecule has 1 aromatic heterocycles. The van der Waals surface area contributed by atoms with E-state index in [1.54, 1.807) is 0 Å². The molecule has 0 radical (unpaired) electrons. The first-order chi connectivity index (χ1) is 26.4. The van der Waals surface area contributed by atoms with Gasteiger partial charge in [0.15, 0.2) is 29.8 Å². The summed E-state index contributed by atoms with van der Waals surface area (Å²) >= 11 is 7.18. The largest absolute Gasteiger partial charge is 0.463 e. The van der Waals surface area contributed by atoms with Crippen molar-refractivity contribution >= 4 is 52.8 Å². The van der Waals surface area contributed by atoms with E-state index in [-0.39, 0.29) is 31.8 Å². The van der Waals surface area contributed by atoms with Crippen LogP contribution in [0, 0.1) is 0 Å². The number of rotatable bonds is 15. The van der Waals surface area contributed by atoms with E-state index in [0.29, 0.717) is 28.9 Å². The number of nitrogens with one attached hydrogen (secondary N) is 2. The lowest BCUT2D eigenvalue weighted by Crippen LogP contribution is -2.62. The zero-order chi connectivity index (χ0) is 39.5. The van der Waals surface area contributed by atoms with Gasteiger partial charge in [0.05, 0.1) is 23.8 Å². The summed E-state index contributed by atoms with van der Waals surface area (Å²) in [4.78, 5) is 52.6. The molecule has 2 aliphatic heterocycles. The maximum Gasteiger partial charge on any atom is 0.303 e. The van der Waals surface area contributed by atoms with Crippen LogP contribution in [0.2, 0.25) is 0 Å². The number of hydrogen-bond donors (Lipinski definition) is 3. The Kier molecular flexibility index (Phi) is 15.1. The number of carbonyl (C=O) groups is 4.